The molecule has 0 heterocycles. The number of hydrogen-bond donors (Lipinski definition) is 0. The average molecular weight is 307 g/mol. The van der Waals surface area contributed by atoms with Crippen molar-refractivity contribution in [3.05, 3.63) is 28.2 Å². The summed E-state index contributed by atoms with van der Waals surface area (Å²) in [4.78, 5) is 0. The van der Waals surface area contributed by atoms with E-state index in [-0.39, 0.29) is 62.7 Å². The molecule has 0 aliphatic rings. The Morgan fingerprint density at radius 2 is 1.93 bits per heavy atom. The van der Waals surface area contributed by atoms with Crippen LogP contribution in [0.3, 0.4) is 0 Å². The van der Waals surface area contributed by atoms with E-state index in [0.717, 1.165) is 0 Å². The number of hydrogen-bond acceptors (Lipinski definition) is 1. The van der Waals surface area contributed by atoms with Gasteiger partial charge >= 0.3 is 58.4 Å². The number of methoxy groups -OCH3 is 1. The van der Waals surface area contributed by atoms with E-state index in [1.54, 1.807) is 6.07 Å². The summed E-state index contributed by atoms with van der Waals surface area (Å²) >= 11 is 3.16. The zero-order chi connectivity index (χ0) is 10.8. The fraction of sp³-hybridized carbons (Fsp3) is 0.250. The van der Waals surface area contributed by atoms with E-state index in [1.165, 1.54) is 19.2 Å². The average Bonchev–Trinajstić information content (AvgIpc) is 2.06. The van der Waals surface area contributed by atoms with E-state index < -0.39 is 13.3 Å². The van der Waals surface area contributed by atoms with Crippen molar-refractivity contribution in [1.82, 2.24) is 0 Å². The Labute approximate surface area is 137 Å². The van der Waals surface area contributed by atoms with Crippen LogP contribution in [0.2, 0.25) is 0 Å². The molecule has 0 aliphatic carbocycles. The first-order chi connectivity index (χ1) is 6.42. The van der Waals surface area contributed by atoms with Crippen LogP contribution in [0.25, 0.3) is 0 Å². The molecule has 0 saturated heterocycles. The van der Waals surface area contributed by atoms with Crippen molar-refractivity contribution in [2.75, 3.05) is 7.11 Å². The molecule has 0 radical (unpaired) electrons. The molecule has 0 aromatic heterocycles. The number of halogens is 4. The Kier molecular flexibility index (Phi) is 7.10. The standard InChI is InChI=1S/C8H8BBrF3O.K/c1-14-8-4-7(10)3-2-6(8)5-9(11,12)13;/h2-4H,5H2,1H3;/q-1;+1. The van der Waals surface area contributed by atoms with Crippen molar-refractivity contribution >= 4 is 22.9 Å². The van der Waals surface area contributed by atoms with Gasteiger partial charge in [-0.1, -0.05) is 28.3 Å². The van der Waals surface area contributed by atoms with Gasteiger partial charge in [0.25, 0.3) is 0 Å². The van der Waals surface area contributed by atoms with Crippen LogP contribution in [0.1, 0.15) is 5.56 Å². The summed E-state index contributed by atoms with van der Waals surface area (Å²) in [6.07, 6.45) is -0.906. The summed E-state index contributed by atoms with van der Waals surface area (Å²) in [5.41, 5.74) is 0.170. The second kappa shape index (κ2) is 6.66. The van der Waals surface area contributed by atoms with Crippen LogP contribution in [0.5, 0.6) is 5.75 Å². The molecule has 1 aromatic rings. The van der Waals surface area contributed by atoms with Gasteiger partial charge in [0, 0.05) is 4.47 Å². The maximum absolute atomic E-state index is 12.2. The smallest absolute Gasteiger partial charge is 0.497 e. The molecule has 0 bridgehead atoms. The van der Waals surface area contributed by atoms with Crippen LogP contribution in [-0.4, -0.2) is 14.1 Å². The summed E-state index contributed by atoms with van der Waals surface area (Å²) in [6.45, 7) is -4.82. The minimum atomic E-state index is -4.82. The Morgan fingerprint density at radius 3 is 2.40 bits per heavy atom. The van der Waals surface area contributed by atoms with Gasteiger partial charge in [-0.3, -0.25) is 0 Å². The third-order valence-corrected chi connectivity index (χ3v) is 2.19. The van der Waals surface area contributed by atoms with E-state index in [0.29, 0.717) is 4.47 Å². The molecule has 78 valence electrons. The predicted molar refractivity (Wildman–Crippen MR) is 53.5 cm³/mol. The third kappa shape index (κ3) is 5.74. The van der Waals surface area contributed by atoms with E-state index in [9.17, 15) is 12.9 Å². The Bertz CT molecular complexity index is 332. The minimum Gasteiger partial charge on any atom is -0.497 e. The molecule has 1 nitrogen and oxygen atoms in total. The van der Waals surface area contributed by atoms with Gasteiger partial charge in [-0.15, -0.1) is 0 Å². The zero-order valence-electron chi connectivity index (χ0n) is 8.44. The summed E-state index contributed by atoms with van der Waals surface area (Å²) in [7, 11) is 1.36. The first-order valence-corrected chi connectivity index (χ1v) is 4.75. The van der Waals surface area contributed by atoms with Crippen molar-refractivity contribution < 1.29 is 69.1 Å². The van der Waals surface area contributed by atoms with Crippen molar-refractivity contribution in [2.45, 2.75) is 6.32 Å². The van der Waals surface area contributed by atoms with Gasteiger partial charge in [-0.25, -0.2) is 0 Å². The molecular formula is C8H8BBrF3KO. The van der Waals surface area contributed by atoms with Gasteiger partial charge in [0.1, 0.15) is 5.75 Å². The molecular weight excluding hydrogens is 299 g/mol. The van der Waals surface area contributed by atoms with Crippen LogP contribution < -0.4 is 56.1 Å². The van der Waals surface area contributed by atoms with Crippen molar-refractivity contribution in [1.29, 1.82) is 0 Å². The quantitative estimate of drug-likeness (QED) is 0.734. The van der Waals surface area contributed by atoms with Crippen LogP contribution in [0, 0.1) is 0 Å². The molecule has 0 fully saturated rings. The molecule has 0 amide bonds. The molecule has 0 aliphatic heterocycles. The minimum absolute atomic E-state index is 0. The number of benzene rings is 1. The topological polar surface area (TPSA) is 9.23 Å². The maximum atomic E-state index is 12.2. The molecule has 0 saturated carbocycles. The van der Waals surface area contributed by atoms with Crippen molar-refractivity contribution in [3.63, 3.8) is 0 Å². The monoisotopic (exact) mass is 306 g/mol. The first-order valence-electron chi connectivity index (χ1n) is 3.96. The molecule has 7 heteroatoms. The van der Waals surface area contributed by atoms with E-state index in [1.807, 2.05) is 0 Å². The van der Waals surface area contributed by atoms with Gasteiger partial charge < -0.3 is 17.7 Å². The van der Waals surface area contributed by atoms with Crippen LogP contribution in [0.15, 0.2) is 22.7 Å². The Balaban J connectivity index is 0.00000196. The normalized spacial score (nSPS) is 10.7. The second-order valence-corrected chi connectivity index (χ2v) is 3.79. The zero-order valence-corrected chi connectivity index (χ0v) is 13.1. The van der Waals surface area contributed by atoms with Gasteiger partial charge in [0.15, 0.2) is 0 Å². The molecule has 0 N–H and O–H groups in total. The fourth-order valence-corrected chi connectivity index (χ4v) is 1.48. The Hall–Kier alpha value is 0.991. The molecule has 0 spiro atoms. The summed E-state index contributed by atoms with van der Waals surface area (Å²) < 4.78 is 42.0. The van der Waals surface area contributed by atoms with Gasteiger partial charge in [0.2, 0.25) is 0 Å². The molecule has 0 atom stereocenters. The third-order valence-electron chi connectivity index (χ3n) is 1.70. The van der Waals surface area contributed by atoms with E-state index in [4.69, 9.17) is 4.74 Å². The summed E-state index contributed by atoms with van der Waals surface area (Å²) in [6, 6.07) is 4.51. The molecule has 0 unspecified atom stereocenters. The van der Waals surface area contributed by atoms with Crippen LogP contribution in [0.4, 0.5) is 12.9 Å². The SMILES string of the molecule is COc1cc(Br)ccc1C[B-](F)(F)F.[K+]. The molecule has 1 aromatic carbocycles. The maximum Gasteiger partial charge on any atom is 1.00 e. The predicted octanol–water partition coefficient (Wildman–Crippen LogP) is 0.391. The van der Waals surface area contributed by atoms with Crippen LogP contribution >= 0.6 is 15.9 Å². The van der Waals surface area contributed by atoms with Gasteiger partial charge in [-0.2, -0.15) is 0 Å². The molecule has 1 rings (SSSR count). The summed E-state index contributed by atoms with van der Waals surface area (Å²) in [5.74, 6) is 0.263. The van der Waals surface area contributed by atoms with Gasteiger partial charge in [-0.05, 0) is 17.7 Å². The summed E-state index contributed by atoms with van der Waals surface area (Å²) in [5, 5.41) is 0. The Morgan fingerprint density at radius 1 is 1.33 bits per heavy atom. The van der Waals surface area contributed by atoms with Crippen LogP contribution in [-0.2, 0) is 6.32 Å². The molecule has 15 heavy (non-hydrogen) atoms. The number of ether oxygens (including phenoxy) is 1. The number of rotatable bonds is 3. The van der Waals surface area contributed by atoms with Crippen molar-refractivity contribution in [2.24, 2.45) is 0 Å². The van der Waals surface area contributed by atoms with E-state index in [2.05, 4.69) is 15.9 Å². The van der Waals surface area contributed by atoms with E-state index >= 15 is 0 Å². The largest absolute Gasteiger partial charge is 1.00 e. The van der Waals surface area contributed by atoms with Gasteiger partial charge in [0.05, 0.1) is 7.11 Å². The second-order valence-electron chi connectivity index (χ2n) is 2.87. The van der Waals surface area contributed by atoms with Crippen molar-refractivity contribution in [3.8, 4) is 5.75 Å². The fourth-order valence-electron chi connectivity index (χ4n) is 1.14. The first kappa shape index (κ1) is 16.0.